The molecular formula is C14H25N3O4. The van der Waals surface area contributed by atoms with Crippen LogP contribution in [0.2, 0.25) is 0 Å². The molecule has 0 aliphatic carbocycles. The molecule has 0 aromatic carbocycles. The standard InChI is InChI=1S/C14H25N3O4/c1-3-15-14(19)16-12(18)10(2)17-6-4-11(5-7-17)13-20-8-9-21-13/h10-11,13H,3-9H2,1-2H3,(H2,15,16,18,19)/t10-/m1/s1. The Morgan fingerprint density at radius 1 is 1.24 bits per heavy atom. The van der Waals surface area contributed by atoms with Crippen LogP contribution in [0, 0.1) is 5.92 Å². The van der Waals surface area contributed by atoms with Gasteiger partial charge in [-0.3, -0.25) is 15.0 Å². The highest BCUT2D eigenvalue weighted by atomic mass is 16.7. The maximum atomic E-state index is 12.0. The van der Waals surface area contributed by atoms with Crippen molar-refractivity contribution >= 4 is 11.9 Å². The summed E-state index contributed by atoms with van der Waals surface area (Å²) in [4.78, 5) is 25.5. The quantitative estimate of drug-likeness (QED) is 0.781. The highest BCUT2D eigenvalue weighted by molar-refractivity contribution is 5.96. The van der Waals surface area contributed by atoms with Crippen molar-refractivity contribution in [2.45, 2.75) is 39.0 Å². The molecule has 0 bridgehead atoms. The molecule has 3 amide bonds. The van der Waals surface area contributed by atoms with Crippen molar-refractivity contribution in [2.75, 3.05) is 32.8 Å². The maximum absolute atomic E-state index is 12.0. The Bertz CT molecular complexity index is 363. The Kier molecular flexibility index (Phi) is 5.96. The first kappa shape index (κ1) is 16.2. The van der Waals surface area contributed by atoms with Gasteiger partial charge in [0.15, 0.2) is 6.29 Å². The normalized spacial score (nSPS) is 23.0. The van der Waals surface area contributed by atoms with Gasteiger partial charge in [0.2, 0.25) is 5.91 Å². The Hall–Kier alpha value is -1.18. The van der Waals surface area contributed by atoms with Crippen molar-refractivity contribution in [1.82, 2.24) is 15.5 Å². The van der Waals surface area contributed by atoms with Gasteiger partial charge in [-0.1, -0.05) is 0 Å². The van der Waals surface area contributed by atoms with Gasteiger partial charge in [-0.05, 0) is 39.8 Å². The summed E-state index contributed by atoms with van der Waals surface area (Å²) in [6.45, 7) is 7.13. The minimum atomic E-state index is -0.433. The SMILES string of the molecule is CCNC(=O)NC(=O)[C@@H](C)N1CCC(C2OCCO2)CC1. The molecule has 2 saturated heterocycles. The molecule has 7 nitrogen and oxygen atoms in total. The molecule has 120 valence electrons. The molecule has 2 aliphatic heterocycles. The monoisotopic (exact) mass is 299 g/mol. The summed E-state index contributed by atoms with van der Waals surface area (Å²) in [5.74, 6) is 0.148. The van der Waals surface area contributed by atoms with Gasteiger partial charge < -0.3 is 14.8 Å². The number of hydrogen-bond acceptors (Lipinski definition) is 5. The highest BCUT2D eigenvalue weighted by Gasteiger charge is 2.33. The highest BCUT2D eigenvalue weighted by Crippen LogP contribution is 2.26. The van der Waals surface area contributed by atoms with E-state index in [1.165, 1.54) is 0 Å². The minimum Gasteiger partial charge on any atom is -0.350 e. The molecule has 2 heterocycles. The fourth-order valence-corrected chi connectivity index (χ4v) is 2.81. The van der Waals surface area contributed by atoms with E-state index in [1.54, 1.807) is 0 Å². The zero-order valence-corrected chi connectivity index (χ0v) is 12.8. The lowest BCUT2D eigenvalue weighted by atomic mass is 9.95. The number of imide groups is 1. The molecule has 2 N–H and O–H groups in total. The first-order valence-electron chi connectivity index (χ1n) is 7.67. The van der Waals surface area contributed by atoms with Crippen molar-refractivity contribution in [3.8, 4) is 0 Å². The summed E-state index contributed by atoms with van der Waals surface area (Å²) in [6.07, 6.45) is 1.82. The number of carbonyl (C=O) groups excluding carboxylic acids is 2. The molecular weight excluding hydrogens is 274 g/mol. The Balaban J connectivity index is 1.75. The van der Waals surface area contributed by atoms with E-state index in [1.807, 2.05) is 13.8 Å². The minimum absolute atomic E-state index is 0.0772. The summed E-state index contributed by atoms with van der Waals surface area (Å²) in [6, 6.07) is -0.740. The second kappa shape index (κ2) is 7.72. The van der Waals surface area contributed by atoms with Crippen molar-refractivity contribution in [1.29, 1.82) is 0 Å². The fraction of sp³-hybridized carbons (Fsp3) is 0.857. The van der Waals surface area contributed by atoms with Crippen LogP contribution in [-0.4, -0.2) is 62.0 Å². The van der Waals surface area contributed by atoms with Crippen LogP contribution in [0.4, 0.5) is 4.79 Å². The summed E-state index contributed by atoms with van der Waals surface area (Å²) in [5, 5.41) is 4.92. The summed E-state index contributed by atoms with van der Waals surface area (Å²) < 4.78 is 11.1. The molecule has 0 aromatic heterocycles. The largest absolute Gasteiger partial charge is 0.350 e. The maximum Gasteiger partial charge on any atom is 0.321 e. The summed E-state index contributed by atoms with van der Waals surface area (Å²) in [7, 11) is 0. The predicted octanol–water partition coefficient (Wildman–Crippen LogP) is 0.306. The Morgan fingerprint density at radius 3 is 2.43 bits per heavy atom. The molecule has 0 unspecified atom stereocenters. The summed E-state index contributed by atoms with van der Waals surface area (Å²) in [5.41, 5.74) is 0. The number of nitrogens with one attached hydrogen (secondary N) is 2. The van der Waals surface area contributed by atoms with Gasteiger partial charge in [0, 0.05) is 12.5 Å². The smallest absolute Gasteiger partial charge is 0.321 e. The third-order valence-corrected chi connectivity index (χ3v) is 4.11. The molecule has 2 fully saturated rings. The molecule has 21 heavy (non-hydrogen) atoms. The van der Waals surface area contributed by atoms with Gasteiger partial charge in [-0.25, -0.2) is 4.79 Å². The third kappa shape index (κ3) is 4.39. The zero-order chi connectivity index (χ0) is 15.2. The van der Waals surface area contributed by atoms with Crippen LogP contribution in [0.25, 0.3) is 0 Å². The van der Waals surface area contributed by atoms with Crippen molar-refractivity contribution in [2.24, 2.45) is 5.92 Å². The van der Waals surface area contributed by atoms with E-state index >= 15 is 0 Å². The van der Waals surface area contributed by atoms with Crippen LogP contribution in [0.3, 0.4) is 0 Å². The predicted molar refractivity (Wildman–Crippen MR) is 76.7 cm³/mol. The topological polar surface area (TPSA) is 79.9 Å². The second-order valence-corrected chi connectivity index (χ2v) is 5.51. The lowest BCUT2D eigenvalue weighted by molar-refractivity contribution is -0.127. The molecule has 2 rings (SSSR count). The molecule has 0 saturated carbocycles. The molecule has 0 spiro atoms. The van der Waals surface area contributed by atoms with E-state index in [0.29, 0.717) is 25.7 Å². The van der Waals surface area contributed by atoms with Crippen molar-refractivity contribution in [3.63, 3.8) is 0 Å². The first-order chi connectivity index (χ1) is 10.1. The van der Waals surface area contributed by atoms with Crippen molar-refractivity contribution in [3.05, 3.63) is 0 Å². The van der Waals surface area contributed by atoms with E-state index in [2.05, 4.69) is 15.5 Å². The fourth-order valence-electron chi connectivity index (χ4n) is 2.81. The number of nitrogens with zero attached hydrogens (tertiary/aromatic N) is 1. The van der Waals surface area contributed by atoms with Crippen LogP contribution in [0.15, 0.2) is 0 Å². The Morgan fingerprint density at radius 2 is 1.86 bits per heavy atom. The molecule has 0 aromatic rings. The van der Waals surface area contributed by atoms with Crippen molar-refractivity contribution < 1.29 is 19.1 Å². The molecule has 7 heteroatoms. The second-order valence-electron chi connectivity index (χ2n) is 5.51. The number of rotatable bonds is 4. The number of piperidine rings is 1. The van der Waals surface area contributed by atoms with Gasteiger partial charge in [-0.2, -0.15) is 0 Å². The van der Waals surface area contributed by atoms with Crippen LogP contribution < -0.4 is 10.6 Å². The van der Waals surface area contributed by atoms with Gasteiger partial charge in [0.05, 0.1) is 19.3 Å². The van der Waals surface area contributed by atoms with Gasteiger partial charge in [0.25, 0.3) is 0 Å². The zero-order valence-electron chi connectivity index (χ0n) is 12.8. The Labute approximate surface area is 125 Å². The van der Waals surface area contributed by atoms with E-state index < -0.39 is 6.03 Å². The van der Waals surface area contributed by atoms with Crippen LogP contribution >= 0.6 is 0 Å². The first-order valence-corrected chi connectivity index (χ1v) is 7.67. The number of ether oxygens (including phenoxy) is 2. The molecule has 0 radical (unpaired) electrons. The number of amides is 3. The number of likely N-dealkylation sites (tertiary alicyclic amines) is 1. The lowest BCUT2D eigenvalue weighted by Gasteiger charge is -2.36. The van der Waals surface area contributed by atoms with Crippen LogP contribution in [0.1, 0.15) is 26.7 Å². The number of urea groups is 1. The van der Waals surface area contributed by atoms with Crippen LogP contribution in [0.5, 0.6) is 0 Å². The molecule has 2 aliphatic rings. The van der Waals surface area contributed by atoms with Gasteiger partial charge in [-0.15, -0.1) is 0 Å². The number of hydrogen-bond donors (Lipinski definition) is 2. The lowest BCUT2D eigenvalue weighted by Crippen LogP contribution is -2.52. The van der Waals surface area contributed by atoms with Gasteiger partial charge in [0.1, 0.15) is 0 Å². The third-order valence-electron chi connectivity index (χ3n) is 4.11. The van der Waals surface area contributed by atoms with E-state index in [9.17, 15) is 9.59 Å². The average Bonchev–Trinajstić information content (AvgIpc) is 3.01. The van der Waals surface area contributed by atoms with E-state index in [4.69, 9.17) is 9.47 Å². The van der Waals surface area contributed by atoms with Gasteiger partial charge >= 0.3 is 6.03 Å². The van der Waals surface area contributed by atoms with Crippen LogP contribution in [-0.2, 0) is 14.3 Å². The van der Waals surface area contributed by atoms with E-state index in [0.717, 1.165) is 25.9 Å². The number of carbonyl (C=O) groups is 2. The van der Waals surface area contributed by atoms with E-state index in [-0.39, 0.29) is 18.2 Å². The average molecular weight is 299 g/mol. The summed E-state index contributed by atoms with van der Waals surface area (Å²) >= 11 is 0. The molecule has 1 atom stereocenters.